The Labute approximate surface area is 131 Å². The lowest BCUT2D eigenvalue weighted by Crippen LogP contribution is -2.42. The molecule has 1 atom stereocenters. The van der Waals surface area contributed by atoms with Crippen LogP contribution in [0.15, 0.2) is 12.3 Å². The van der Waals surface area contributed by atoms with Crippen LogP contribution in [0.2, 0.25) is 0 Å². The minimum Gasteiger partial charge on any atom is -0.376 e. The van der Waals surface area contributed by atoms with Crippen molar-refractivity contribution >= 4 is 11.9 Å². The number of nitrogens with zero attached hydrogens (tertiary/aromatic N) is 3. The standard InChI is InChI=1S/C16H24N4O2/c1-12-4-7-17-16(19-12)20-8-5-13(6-9-20)15(21)18-11-14-3-2-10-22-14/h4,7,13-14H,2-3,5-6,8-11H2,1H3,(H,18,21)/t14-/m0/s1. The fourth-order valence-electron chi connectivity index (χ4n) is 3.09. The molecule has 2 saturated heterocycles. The highest BCUT2D eigenvalue weighted by Gasteiger charge is 2.27. The van der Waals surface area contributed by atoms with E-state index in [-0.39, 0.29) is 17.9 Å². The molecule has 6 nitrogen and oxygen atoms in total. The first-order valence-corrected chi connectivity index (χ1v) is 8.16. The maximum Gasteiger partial charge on any atom is 0.225 e. The molecule has 2 fully saturated rings. The van der Waals surface area contributed by atoms with Crippen molar-refractivity contribution in [3.05, 3.63) is 18.0 Å². The molecule has 120 valence electrons. The van der Waals surface area contributed by atoms with Crippen molar-refractivity contribution in [2.45, 2.75) is 38.7 Å². The van der Waals surface area contributed by atoms with Gasteiger partial charge in [0, 0.05) is 44.0 Å². The summed E-state index contributed by atoms with van der Waals surface area (Å²) in [6, 6.07) is 1.90. The van der Waals surface area contributed by atoms with Gasteiger partial charge in [0.25, 0.3) is 0 Å². The van der Waals surface area contributed by atoms with E-state index in [9.17, 15) is 4.79 Å². The van der Waals surface area contributed by atoms with Gasteiger partial charge in [-0.05, 0) is 38.7 Å². The van der Waals surface area contributed by atoms with E-state index in [1.165, 1.54) is 0 Å². The second-order valence-corrected chi connectivity index (χ2v) is 6.14. The number of hydrogen-bond acceptors (Lipinski definition) is 5. The Balaban J connectivity index is 1.45. The number of amides is 1. The smallest absolute Gasteiger partial charge is 0.225 e. The second kappa shape index (κ2) is 7.05. The van der Waals surface area contributed by atoms with Crippen molar-refractivity contribution in [3.8, 4) is 0 Å². The molecule has 2 aliphatic rings. The molecule has 0 saturated carbocycles. The summed E-state index contributed by atoms with van der Waals surface area (Å²) >= 11 is 0. The summed E-state index contributed by atoms with van der Waals surface area (Å²) in [5, 5.41) is 3.04. The molecule has 0 bridgehead atoms. The third-order valence-corrected chi connectivity index (χ3v) is 4.46. The zero-order chi connectivity index (χ0) is 15.4. The van der Waals surface area contributed by atoms with Crippen molar-refractivity contribution in [2.75, 3.05) is 31.1 Å². The Kier molecular flexibility index (Phi) is 4.87. The number of anilines is 1. The monoisotopic (exact) mass is 304 g/mol. The third-order valence-electron chi connectivity index (χ3n) is 4.46. The first-order valence-electron chi connectivity index (χ1n) is 8.16. The first-order chi connectivity index (χ1) is 10.7. The van der Waals surface area contributed by atoms with Crippen LogP contribution in [-0.4, -0.2) is 48.2 Å². The summed E-state index contributed by atoms with van der Waals surface area (Å²) in [6.45, 7) is 5.12. The molecule has 0 aromatic carbocycles. The first kappa shape index (κ1) is 15.2. The number of piperidine rings is 1. The molecule has 0 unspecified atom stereocenters. The highest BCUT2D eigenvalue weighted by molar-refractivity contribution is 5.79. The maximum absolute atomic E-state index is 12.2. The summed E-state index contributed by atoms with van der Waals surface area (Å²) in [6.07, 6.45) is 5.88. The van der Waals surface area contributed by atoms with E-state index in [1.54, 1.807) is 6.20 Å². The lowest BCUT2D eigenvalue weighted by Gasteiger charge is -2.31. The van der Waals surface area contributed by atoms with E-state index < -0.39 is 0 Å². The van der Waals surface area contributed by atoms with E-state index in [0.29, 0.717) is 6.54 Å². The van der Waals surface area contributed by atoms with Gasteiger partial charge in [0.05, 0.1) is 6.10 Å². The van der Waals surface area contributed by atoms with Crippen LogP contribution in [0.5, 0.6) is 0 Å². The normalized spacial score (nSPS) is 22.8. The van der Waals surface area contributed by atoms with Crippen LogP contribution in [0, 0.1) is 12.8 Å². The third kappa shape index (κ3) is 3.74. The molecule has 0 aliphatic carbocycles. The van der Waals surface area contributed by atoms with E-state index in [0.717, 1.165) is 57.0 Å². The number of carbonyl (C=O) groups excluding carboxylic acids is 1. The van der Waals surface area contributed by atoms with Crippen LogP contribution in [0.1, 0.15) is 31.4 Å². The minimum absolute atomic E-state index is 0.0995. The van der Waals surface area contributed by atoms with Gasteiger partial charge in [-0.3, -0.25) is 4.79 Å². The van der Waals surface area contributed by atoms with Crippen molar-refractivity contribution in [1.29, 1.82) is 0 Å². The van der Waals surface area contributed by atoms with Crippen molar-refractivity contribution in [1.82, 2.24) is 15.3 Å². The predicted octanol–water partition coefficient (Wildman–Crippen LogP) is 1.30. The lowest BCUT2D eigenvalue weighted by atomic mass is 9.96. The quantitative estimate of drug-likeness (QED) is 0.908. The Morgan fingerprint density at radius 3 is 2.91 bits per heavy atom. The van der Waals surface area contributed by atoms with Gasteiger partial charge in [-0.15, -0.1) is 0 Å². The molecule has 22 heavy (non-hydrogen) atoms. The van der Waals surface area contributed by atoms with E-state index in [1.807, 2.05) is 13.0 Å². The van der Waals surface area contributed by atoms with Crippen LogP contribution in [-0.2, 0) is 9.53 Å². The summed E-state index contributed by atoms with van der Waals surface area (Å²) in [7, 11) is 0. The number of aromatic nitrogens is 2. The van der Waals surface area contributed by atoms with Crippen molar-refractivity contribution in [3.63, 3.8) is 0 Å². The molecule has 3 rings (SSSR count). The second-order valence-electron chi connectivity index (χ2n) is 6.14. The van der Waals surface area contributed by atoms with Crippen LogP contribution >= 0.6 is 0 Å². The Bertz CT molecular complexity index is 509. The highest BCUT2D eigenvalue weighted by atomic mass is 16.5. The summed E-state index contributed by atoms with van der Waals surface area (Å²) in [5.41, 5.74) is 0.974. The number of rotatable bonds is 4. The van der Waals surface area contributed by atoms with Crippen LogP contribution in [0.4, 0.5) is 5.95 Å². The van der Waals surface area contributed by atoms with Gasteiger partial charge in [-0.25, -0.2) is 9.97 Å². The molecule has 0 radical (unpaired) electrons. The average molecular weight is 304 g/mol. The van der Waals surface area contributed by atoms with Gasteiger partial charge in [0.15, 0.2) is 0 Å². The van der Waals surface area contributed by atoms with Crippen molar-refractivity contribution < 1.29 is 9.53 Å². The molecule has 1 aromatic heterocycles. The van der Waals surface area contributed by atoms with Gasteiger partial charge in [-0.1, -0.05) is 0 Å². The highest BCUT2D eigenvalue weighted by Crippen LogP contribution is 2.21. The van der Waals surface area contributed by atoms with E-state index in [4.69, 9.17) is 4.74 Å². The van der Waals surface area contributed by atoms with E-state index in [2.05, 4.69) is 20.2 Å². The molecule has 0 spiro atoms. The van der Waals surface area contributed by atoms with Crippen molar-refractivity contribution in [2.24, 2.45) is 5.92 Å². The number of nitrogens with one attached hydrogen (secondary N) is 1. The van der Waals surface area contributed by atoms with Gasteiger partial charge < -0.3 is 15.0 Å². The summed E-state index contributed by atoms with van der Waals surface area (Å²) < 4.78 is 5.54. The molecule has 6 heteroatoms. The van der Waals surface area contributed by atoms with Crippen LogP contribution in [0.3, 0.4) is 0 Å². The van der Waals surface area contributed by atoms with Crippen LogP contribution < -0.4 is 10.2 Å². The number of hydrogen-bond donors (Lipinski definition) is 1. The zero-order valence-electron chi connectivity index (χ0n) is 13.1. The molecule has 1 amide bonds. The zero-order valence-corrected chi connectivity index (χ0v) is 13.1. The van der Waals surface area contributed by atoms with Gasteiger partial charge in [0.1, 0.15) is 0 Å². The van der Waals surface area contributed by atoms with Gasteiger partial charge in [-0.2, -0.15) is 0 Å². The largest absolute Gasteiger partial charge is 0.376 e. The molecule has 1 N–H and O–H groups in total. The predicted molar refractivity (Wildman–Crippen MR) is 83.7 cm³/mol. The van der Waals surface area contributed by atoms with Gasteiger partial charge in [0.2, 0.25) is 11.9 Å². The average Bonchev–Trinajstić information content (AvgIpc) is 3.06. The molecule has 3 heterocycles. The molecule has 2 aliphatic heterocycles. The summed E-state index contributed by atoms with van der Waals surface area (Å²) in [4.78, 5) is 23.2. The Morgan fingerprint density at radius 2 is 2.23 bits per heavy atom. The Morgan fingerprint density at radius 1 is 1.41 bits per heavy atom. The topological polar surface area (TPSA) is 67.4 Å². The number of aryl methyl sites for hydroxylation is 1. The number of carbonyl (C=O) groups is 1. The molecular formula is C16H24N4O2. The summed E-state index contributed by atoms with van der Waals surface area (Å²) in [5.74, 6) is 1.04. The fraction of sp³-hybridized carbons (Fsp3) is 0.688. The lowest BCUT2D eigenvalue weighted by molar-refractivity contribution is -0.126. The number of ether oxygens (including phenoxy) is 1. The maximum atomic E-state index is 12.2. The van der Waals surface area contributed by atoms with Crippen LogP contribution in [0.25, 0.3) is 0 Å². The Hall–Kier alpha value is -1.69. The fourth-order valence-corrected chi connectivity index (χ4v) is 3.09. The SMILES string of the molecule is Cc1ccnc(N2CCC(C(=O)NC[C@@H]3CCCO3)CC2)n1. The molecule has 1 aromatic rings. The van der Waals surface area contributed by atoms with E-state index >= 15 is 0 Å². The van der Waals surface area contributed by atoms with Gasteiger partial charge >= 0.3 is 0 Å². The molecular weight excluding hydrogens is 280 g/mol. The minimum atomic E-state index is 0.0995.